The lowest BCUT2D eigenvalue weighted by Gasteiger charge is -2.10. The number of nitrogens with one attached hydrogen (secondary N) is 2. The van der Waals surface area contributed by atoms with Gasteiger partial charge in [-0.2, -0.15) is 10.4 Å². The molecule has 0 bridgehead atoms. The van der Waals surface area contributed by atoms with E-state index in [-0.39, 0.29) is 5.91 Å². The third-order valence-electron chi connectivity index (χ3n) is 7.56. The second-order valence-corrected chi connectivity index (χ2v) is 12.4. The first-order chi connectivity index (χ1) is 20.4. The molecule has 6 rings (SSSR count). The second kappa shape index (κ2) is 11.8. The molecule has 0 atom stereocenters. The number of benzene rings is 2. The summed E-state index contributed by atoms with van der Waals surface area (Å²) in [6.07, 6.45) is 6.01. The second-order valence-electron chi connectivity index (χ2n) is 10.5. The zero-order chi connectivity index (χ0) is 29.2. The molecule has 3 heterocycles. The van der Waals surface area contributed by atoms with Crippen LogP contribution in [0.3, 0.4) is 0 Å². The average Bonchev–Trinajstić information content (AvgIpc) is 3.69. The number of hydrazone groups is 1. The Morgan fingerprint density at radius 1 is 1.07 bits per heavy atom. The van der Waals surface area contributed by atoms with E-state index in [1.807, 2.05) is 49.6 Å². The number of anilines is 2. The van der Waals surface area contributed by atoms with Crippen molar-refractivity contribution < 1.29 is 4.79 Å². The van der Waals surface area contributed by atoms with Gasteiger partial charge in [-0.3, -0.25) is 4.79 Å². The normalized spacial score (nSPS) is 12.7. The predicted molar refractivity (Wildman–Crippen MR) is 172 cm³/mol. The fourth-order valence-corrected chi connectivity index (χ4v) is 7.49. The fourth-order valence-electron chi connectivity index (χ4n) is 5.30. The maximum absolute atomic E-state index is 12.8. The minimum Gasteiger partial charge on any atom is -0.332 e. The Bertz CT molecular complexity index is 1830. The Morgan fingerprint density at radius 3 is 2.60 bits per heavy atom. The van der Waals surface area contributed by atoms with Crippen LogP contribution in [0.4, 0.5) is 10.8 Å². The van der Waals surface area contributed by atoms with E-state index in [1.165, 1.54) is 33.8 Å². The van der Waals surface area contributed by atoms with Crippen molar-refractivity contribution in [2.24, 2.45) is 5.10 Å². The van der Waals surface area contributed by atoms with Crippen LogP contribution in [0.25, 0.3) is 16.3 Å². The predicted octanol–water partition coefficient (Wildman–Crippen LogP) is 7.85. The molecule has 0 unspecified atom stereocenters. The number of rotatable bonds is 7. The number of fused-ring (bicyclic) bond motifs is 1. The largest absolute Gasteiger partial charge is 0.332 e. The van der Waals surface area contributed by atoms with Gasteiger partial charge in [0.05, 0.1) is 17.5 Å². The molecule has 7 nitrogen and oxygen atoms in total. The van der Waals surface area contributed by atoms with E-state index < -0.39 is 0 Å². The number of carbonyl (C=O) groups excluding carboxylic acids is 1. The first-order valence-electron chi connectivity index (χ1n) is 13.9. The van der Waals surface area contributed by atoms with Gasteiger partial charge in [0, 0.05) is 44.0 Å². The zero-order valence-electron chi connectivity index (χ0n) is 23.7. The minimum absolute atomic E-state index is 0.288. The van der Waals surface area contributed by atoms with Crippen LogP contribution in [0.2, 0.25) is 0 Å². The van der Waals surface area contributed by atoms with Gasteiger partial charge in [-0.1, -0.05) is 29.8 Å². The van der Waals surface area contributed by atoms with Gasteiger partial charge < -0.3 is 9.88 Å². The number of aryl methyl sites for hydroxylation is 3. The van der Waals surface area contributed by atoms with Crippen molar-refractivity contribution in [3.8, 4) is 22.3 Å². The van der Waals surface area contributed by atoms with E-state index in [1.54, 1.807) is 29.7 Å². The standard InChI is InChI=1S/C33H30N6OS2/c1-20-8-14-26(15-9-20)36-33-37-29(19-41-33)23-10-12-24(13-11-23)31(40)38-35-18-25-16-21(2)39(22(25)3)32-28(17-34)27-6-4-5-7-30(27)42-32/h8-16,18-19H,4-7H2,1-3H3,(H,36,37)(H,38,40)/b35-18-. The van der Waals surface area contributed by atoms with Gasteiger partial charge in [0.1, 0.15) is 11.1 Å². The zero-order valence-corrected chi connectivity index (χ0v) is 25.3. The van der Waals surface area contributed by atoms with Gasteiger partial charge in [0.25, 0.3) is 5.91 Å². The summed E-state index contributed by atoms with van der Waals surface area (Å²) < 4.78 is 2.14. The summed E-state index contributed by atoms with van der Waals surface area (Å²) in [4.78, 5) is 18.8. The third-order valence-corrected chi connectivity index (χ3v) is 9.59. The highest BCUT2D eigenvalue weighted by molar-refractivity contribution is 7.15. The van der Waals surface area contributed by atoms with Crippen molar-refractivity contribution in [1.29, 1.82) is 5.26 Å². The fraction of sp³-hybridized carbons (Fsp3) is 0.212. The van der Waals surface area contributed by atoms with Gasteiger partial charge in [0.2, 0.25) is 0 Å². The lowest BCUT2D eigenvalue weighted by molar-refractivity contribution is 0.0955. The van der Waals surface area contributed by atoms with E-state index in [2.05, 4.69) is 50.5 Å². The van der Waals surface area contributed by atoms with Crippen LogP contribution in [0.5, 0.6) is 0 Å². The molecule has 9 heteroatoms. The smallest absolute Gasteiger partial charge is 0.271 e. The van der Waals surface area contributed by atoms with Crippen LogP contribution in [-0.4, -0.2) is 21.7 Å². The average molecular weight is 591 g/mol. The van der Waals surface area contributed by atoms with Crippen molar-refractivity contribution in [3.63, 3.8) is 0 Å². The molecule has 1 aliphatic carbocycles. The lowest BCUT2D eigenvalue weighted by atomic mass is 9.96. The summed E-state index contributed by atoms with van der Waals surface area (Å²) in [6, 6.07) is 20.0. The Kier molecular flexibility index (Phi) is 7.74. The molecule has 0 fully saturated rings. The van der Waals surface area contributed by atoms with E-state index >= 15 is 0 Å². The quantitative estimate of drug-likeness (QED) is 0.149. The number of aromatic nitrogens is 2. The number of nitrogens with zero attached hydrogens (tertiary/aromatic N) is 4. The molecule has 1 amide bonds. The van der Waals surface area contributed by atoms with E-state index in [0.717, 1.165) is 68.9 Å². The first-order valence-corrected chi connectivity index (χ1v) is 15.6. The highest BCUT2D eigenvalue weighted by Gasteiger charge is 2.23. The molecule has 0 saturated heterocycles. The number of thiophene rings is 1. The molecule has 2 aromatic carbocycles. The molecule has 0 spiro atoms. The van der Waals surface area contributed by atoms with Gasteiger partial charge >= 0.3 is 0 Å². The Labute approximate surface area is 253 Å². The first kappa shape index (κ1) is 27.6. The van der Waals surface area contributed by atoms with Crippen molar-refractivity contribution >= 4 is 45.6 Å². The van der Waals surface area contributed by atoms with Gasteiger partial charge in [-0.05, 0) is 82.3 Å². The highest BCUT2D eigenvalue weighted by Crippen LogP contribution is 2.38. The minimum atomic E-state index is -0.288. The van der Waals surface area contributed by atoms with Crippen LogP contribution in [-0.2, 0) is 12.8 Å². The van der Waals surface area contributed by atoms with E-state index in [0.29, 0.717) is 5.56 Å². The molecule has 2 N–H and O–H groups in total. The number of nitriles is 1. The third kappa shape index (κ3) is 5.51. The summed E-state index contributed by atoms with van der Waals surface area (Å²) in [5, 5.41) is 21.3. The Balaban J connectivity index is 1.12. The summed E-state index contributed by atoms with van der Waals surface area (Å²) in [5.41, 5.74) is 12.1. The lowest BCUT2D eigenvalue weighted by Crippen LogP contribution is -2.17. The summed E-state index contributed by atoms with van der Waals surface area (Å²) in [7, 11) is 0. The Morgan fingerprint density at radius 2 is 1.83 bits per heavy atom. The molecular weight excluding hydrogens is 561 g/mol. The molecule has 0 radical (unpaired) electrons. The Hall–Kier alpha value is -4.52. The molecule has 42 heavy (non-hydrogen) atoms. The van der Waals surface area contributed by atoms with Gasteiger partial charge in [-0.25, -0.2) is 10.4 Å². The van der Waals surface area contributed by atoms with Crippen molar-refractivity contribution in [3.05, 3.63) is 104 Å². The highest BCUT2D eigenvalue weighted by atomic mass is 32.1. The van der Waals surface area contributed by atoms with Gasteiger partial charge in [-0.15, -0.1) is 22.7 Å². The molecule has 1 aliphatic rings. The van der Waals surface area contributed by atoms with Crippen LogP contribution >= 0.6 is 22.7 Å². The number of hydrogen-bond acceptors (Lipinski definition) is 7. The monoisotopic (exact) mass is 590 g/mol. The van der Waals surface area contributed by atoms with Crippen molar-refractivity contribution in [1.82, 2.24) is 15.0 Å². The van der Waals surface area contributed by atoms with E-state index in [4.69, 9.17) is 0 Å². The van der Waals surface area contributed by atoms with Crippen LogP contribution < -0.4 is 10.7 Å². The number of amides is 1. The maximum atomic E-state index is 12.8. The topological polar surface area (TPSA) is 95.1 Å². The van der Waals surface area contributed by atoms with Crippen LogP contribution in [0.1, 0.15) is 61.7 Å². The van der Waals surface area contributed by atoms with Crippen LogP contribution in [0.15, 0.2) is 65.1 Å². The van der Waals surface area contributed by atoms with Crippen LogP contribution in [0, 0.1) is 32.1 Å². The summed E-state index contributed by atoms with van der Waals surface area (Å²) >= 11 is 3.26. The number of hydrogen-bond donors (Lipinski definition) is 2. The summed E-state index contributed by atoms with van der Waals surface area (Å²) in [6.45, 7) is 6.12. The molecule has 210 valence electrons. The van der Waals surface area contributed by atoms with Gasteiger partial charge in [0.15, 0.2) is 5.13 Å². The maximum Gasteiger partial charge on any atom is 0.271 e. The number of carbonyl (C=O) groups is 1. The molecular formula is C33H30N6OS2. The number of thiazole rings is 1. The van der Waals surface area contributed by atoms with E-state index in [9.17, 15) is 10.1 Å². The van der Waals surface area contributed by atoms with Crippen molar-refractivity contribution in [2.75, 3.05) is 5.32 Å². The van der Waals surface area contributed by atoms with Crippen molar-refractivity contribution in [2.45, 2.75) is 46.5 Å². The molecule has 0 saturated carbocycles. The molecule has 3 aromatic heterocycles. The summed E-state index contributed by atoms with van der Waals surface area (Å²) in [5.74, 6) is -0.288. The molecule has 0 aliphatic heterocycles. The molecule has 5 aromatic rings. The SMILES string of the molecule is Cc1ccc(Nc2nc(-c3ccc(C(=O)N/N=C\c4cc(C)n(-c5sc6c(c5C#N)CCCC6)c4C)cc3)cs2)cc1.